The van der Waals surface area contributed by atoms with E-state index in [2.05, 4.69) is 20.8 Å². The maximum atomic E-state index is 12.8. The van der Waals surface area contributed by atoms with Crippen LogP contribution in [0.3, 0.4) is 0 Å². The van der Waals surface area contributed by atoms with Crippen LogP contribution in [-0.2, 0) is 9.59 Å². The van der Waals surface area contributed by atoms with Gasteiger partial charge < -0.3 is 10.6 Å². The topological polar surface area (TPSA) is 86.9 Å². The second-order valence-electron chi connectivity index (χ2n) is 6.13. The number of carbonyl (C=O) groups excluding carboxylic acids is 2. The Bertz CT molecular complexity index is 955. The van der Waals surface area contributed by atoms with Crippen LogP contribution < -0.4 is 10.6 Å². The van der Waals surface area contributed by atoms with Gasteiger partial charge in [-0.05, 0) is 36.8 Å². The predicted octanol–water partition coefficient (Wildman–Crippen LogP) is 3.83. The van der Waals surface area contributed by atoms with E-state index in [0.717, 1.165) is 16.8 Å². The summed E-state index contributed by atoms with van der Waals surface area (Å²) in [5.41, 5.74) is 3.46. The van der Waals surface area contributed by atoms with Crippen molar-refractivity contribution in [3.05, 3.63) is 66.0 Å². The molecule has 0 bridgehead atoms. The quantitative estimate of drug-likeness (QED) is 0.564. The van der Waals surface area contributed by atoms with E-state index in [1.54, 1.807) is 6.07 Å². The van der Waals surface area contributed by atoms with Gasteiger partial charge in [-0.3, -0.25) is 14.7 Å². The smallest absolute Gasteiger partial charge is 0.235 e. The molecule has 0 spiro atoms. The van der Waals surface area contributed by atoms with Gasteiger partial charge in [-0.25, -0.2) is 4.39 Å². The largest absolute Gasteiger partial charge is 0.325 e. The molecule has 2 amide bonds. The summed E-state index contributed by atoms with van der Waals surface area (Å²) < 4.78 is 12.8. The first-order valence-corrected chi connectivity index (χ1v) is 9.70. The van der Waals surface area contributed by atoms with Crippen molar-refractivity contribution in [3.8, 4) is 11.3 Å². The zero-order valence-corrected chi connectivity index (χ0v) is 16.0. The van der Waals surface area contributed by atoms with Crippen molar-refractivity contribution in [1.29, 1.82) is 0 Å². The van der Waals surface area contributed by atoms with Crippen molar-refractivity contribution in [2.45, 2.75) is 6.92 Å². The summed E-state index contributed by atoms with van der Waals surface area (Å²) in [6, 6.07) is 15.2. The zero-order chi connectivity index (χ0) is 19.9. The molecule has 1 aromatic heterocycles. The van der Waals surface area contributed by atoms with Gasteiger partial charge in [-0.15, -0.1) is 11.8 Å². The highest BCUT2D eigenvalue weighted by molar-refractivity contribution is 8.00. The van der Waals surface area contributed by atoms with Crippen LogP contribution in [0.2, 0.25) is 0 Å². The minimum atomic E-state index is -0.368. The summed E-state index contributed by atoms with van der Waals surface area (Å²) in [7, 11) is 0. The maximum Gasteiger partial charge on any atom is 0.235 e. The van der Waals surface area contributed by atoms with Gasteiger partial charge in [0.1, 0.15) is 5.82 Å². The van der Waals surface area contributed by atoms with Gasteiger partial charge in [0.05, 0.1) is 17.2 Å². The van der Waals surface area contributed by atoms with Gasteiger partial charge in [0.2, 0.25) is 11.8 Å². The molecule has 2 aromatic carbocycles. The van der Waals surface area contributed by atoms with Gasteiger partial charge in [0.25, 0.3) is 0 Å². The number of hydrogen-bond acceptors (Lipinski definition) is 4. The molecule has 3 N–H and O–H groups in total. The van der Waals surface area contributed by atoms with Gasteiger partial charge >= 0.3 is 0 Å². The van der Waals surface area contributed by atoms with Crippen molar-refractivity contribution in [2.24, 2.45) is 0 Å². The summed E-state index contributed by atoms with van der Waals surface area (Å²) in [6.45, 7) is 2.01. The number of hydrogen-bond donors (Lipinski definition) is 3. The third kappa shape index (κ3) is 5.68. The van der Waals surface area contributed by atoms with E-state index in [1.807, 2.05) is 31.2 Å². The van der Waals surface area contributed by atoms with Crippen molar-refractivity contribution in [1.82, 2.24) is 10.2 Å². The lowest BCUT2D eigenvalue weighted by Gasteiger charge is -2.05. The molecule has 0 aliphatic rings. The molecule has 8 heteroatoms. The maximum absolute atomic E-state index is 12.8. The number of halogens is 1. The second kappa shape index (κ2) is 9.18. The van der Waals surface area contributed by atoms with E-state index in [0.29, 0.717) is 11.5 Å². The van der Waals surface area contributed by atoms with Crippen LogP contribution in [-0.4, -0.2) is 33.5 Å². The van der Waals surface area contributed by atoms with Crippen molar-refractivity contribution in [2.75, 3.05) is 22.1 Å². The van der Waals surface area contributed by atoms with Crippen LogP contribution in [0.5, 0.6) is 0 Å². The van der Waals surface area contributed by atoms with Crippen LogP contribution in [0, 0.1) is 12.7 Å². The Hall–Kier alpha value is -3.13. The van der Waals surface area contributed by atoms with E-state index >= 15 is 0 Å². The number of aromatic nitrogens is 2. The summed E-state index contributed by atoms with van der Waals surface area (Å²) >= 11 is 1.18. The van der Waals surface area contributed by atoms with E-state index in [9.17, 15) is 14.0 Å². The molecular weight excluding hydrogens is 379 g/mol. The fourth-order valence-corrected chi connectivity index (χ4v) is 3.03. The highest BCUT2D eigenvalue weighted by Crippen LogP contribution is 2.20. The first-order chi connectivity index (χ1) is 13.5. The summed E-state index contributed by atoms with van der Waals surface area (Å²) in [4.78, 5) is 23.9. The SMILES string of the molecule is Cc1ccc(-c2cc(NC(=O)CSCC(=O)Nc3ccc(F)cc3)n[nH]2)cc1. The van der Waals surface area contributed by atoms with Crippen LogP contribution in [0.15, 0.2) is 54.6 Å². The Morgan fingerprint density at radius 2 is 1.64 bits per heavy atom. The third-order valence-electron chi connectivity index (χ3n) is 3.80. The molecule has 3 aromatic rings. The number of nitrogens with one attached hydrogen (secondary N) is 3. The zero-order valence-electron chi connectivity index (χ0n) is 15.2. The van der Waals surface area contributed by atoms with Crippen LogP contribution in [0.25, 0.3) is 11.3 Å². The van der Waals surface area contributed by atoms with E-state index in [-0.39, 0.29) is 29.1 Å². The van der Waals surface area contributed by atoms with Crippen LogP contribution >= 0.6 is 11.8 Å². The number of aryl methyl sites for hydroxylation is 1. The van der Waals surface area contributed by atoms with Crippen molar-refractivity contribution < 1.29 is 14.0 Å². The Balaban J connectivity index is 1.42. The Labute approximate surface area is 165 Å². The lowest BCUT2D eigenvalue weighted by atomic mass is 10.1. The van der Waals surface area contributed by atoms with Gasteiger partial charge in [-0.2, -0.15) is 5.10 Å². The number of amides is 2. The monoisotopic (exact) mass is 398 g/mol. The number of rotatable bonds is 7. The van der Waals surface area contributed by atoms with Crippen molar-refractivity contribution >= 4 is 35.1 Å². The van der Waals surface area contributed by atoms with E-state index < -0.39 is 0 Å². The van der Waals surface area contributed by atoms with Crippen molar-refractivity contribution in [3.63, 3.8) is 0 Å². The minimum absolute atomic E-state index is 0.111. The Kier molecular flexibility index (Phi) is 6.44. The first-order valence-electron chi connectivity index (χ1n) is 8.55. The second-order valence-corrected chi connectivity index (χ2v) is 7.11. The molecule has 6 nitrogen and oxygen atoms in total. The fourth-order valence-electron chi connectivity index (χ4n) is 2.41. The number of carbonyl (C=O) groups is 2. The molecule has 0 aliphatic carbocycles. The normalized spacial score (nSPS) is 10.5. The van der Waals surface area contributed by atoms with E-state index in [4.69, 9.17) is 0 Å². The molecule has 0 unspecified atom stereocenters. The summed E-state index contributed by atoms with van der Waals surface area (Å²) in [5, 5.41) is 12.3. The molecule has 0 atom stereocenters. The van der Waals surface area contributed by atoms with Gasteiger partial charge in [-0.1, -0.05) is 29.8 Å². The molecule has 1 heterocycles. The van der Waals surface area contributed by atoms with Crippen LogP contribution in [0.4, 0.5) is 15.9 Å². The van der Waals surface area contributed by atoms with Gasteiger partial charge in [0, 0.05) is 11.8 Å². The number of nitrogens with zero attached hydrogens (tertiary/aromatic N) is 1. The number of H-pyrrole nitrogens is 1. The average Bonchev–Trinajstić information content (AvgIpc) is 3.12. The molecule has 0 aliphatic heterocycles. The van der Waals surface area contributed by atoms with Gasteiger partial charge in [0.15, 0.2) is 5.82 Å². The molecular formula is C20H19FN4O2S. The standard InChI is InChI=1S/C20H19FN4O2S/c1-13-2-4-14(5-3-13)17-10-18(25-24-17)23-20(27)12-28-11-19(26)22-16-8-6-15(21)7-9-16/h2-10H,11-12H2,1H3,(H,22,26)(H2,23,24,25,27). The summed E-state index contributed by atoms with van der Waals surface area (Å²) in [6.07, 6.45) is 0. The predicted molar refractivity (Wildman–Crippen MR) is 110 cm³/mol. The first kappa shape index (κ1) is 19.6. The number of aromatic amines is 1. The lowest BCUT2D eigenvalue weighted by molar-refractivity contribution is -0.114. The van der Waals surface area contributed by atoms with Crippen LogP contribution in [0.1, 0.15) is 5.56 Å². The Morgan fingerprint density at radius 3 is 2.32 bits per heavy atom. The molecule has 0 fully saturated rings. The fraction of sp³-hybridized carbons (Fsp3) is 0.150. The molecule has 0 radical (unpaired) electrons. The highest BCUT2D eigenvalue weighted by atomic mass is 32.2. The average molecular weight is 398 g/mol. The molecule has 28 heavy (non-hydrogen) atoms. The minimum Gasteiger partial charge on any atom is -0.325 e. The summed E-state index contributed by atoms with van der Waals surface area (Å²) in [5.74, 6) is -0.221. The number of anilines is 2. The number of benzene rings is 2. The molecule has 3 rings (SSSR count). The molecule has 0 saturated heterocycles. The molecule has 0 saturated carbocycles. The molecule has 144 valence electrons. The highest BCUT2D eigenvalue weighted by Gasteiger charge is 2.09. The Morgan fingerprint density at radius 1 is 1.00 bits per heavy atom. The number of thioether (sulfide) groups is 1. The van der Waals surface area contributed by atoms with E-state index in [1.165, 1.54) is 36.0 Å². The lowest BCUT2D eigenvalue weighted by Crippen LogP contribution is -2.18. The third-order valence-corrected chi connectivity index (χ3v) is 4.73.